The van der Waals surface area contributed by atoms with E-state index in [1.807, 2.05) is 0 Å². The number of benzene rings is 2. The van der Waals surface area contributed by atoms with Gasteiger partial charge in [-0.25, -0.2) is 0 Å². The Balaban J connectivity index is 1.70. The van der Waals surface area contributed by atoms with Crippen LogP contribution in [0.2, 0.25) is 0 Å². The number of hydrogen-bond donors (Lipinski definition) is 4. The van der Waals surface area contributed by atoms with E-state index in [-0.39, 0.29) is 33.6 Å². The molecular formula is C23H24O10. The van der Waals surface area contributed by atoms with Crippen LogP contribution in [0.4, 0.5) is 0 Å². The zero-order valence-corrected chi connectivity index (χ0v) is 17.9. The van der Waals surface area contributed by atoms with Crippen molar-refractivity contribution in [2.75, 3.05) is 20.8 Å². The van der Waals surface area contributed by atoms with Crippen LogP contribution in [0.15, 0.2) is 51.9 Å². The van der Waals surface area contributed by atoms with Crippen LogP contribution < -0.4 is 14.9 Å². The third kappa shape index (κ3) is 4.26. The van der Waals surface area contributed by atoms with Gasteiger partial charge in [0.25, 0.3) is 0 Å². The van der Waals surface area contributed by atoms with Gasteiger partial charge in [-0.15, -0.1) is 0 Å². The summed E-state index contributed by atoms with van der Waals surface area (Å²) in [6.45, 7) is -0.466. The lowest BCUT2D eigenvalue weighted by atomic mass is 9.99. The first-order valence-corrected chi connectivity index (χ1v) is 10.1. The minimum atomic E-state index is -1.48. The molecule has 1 saturated heterocycles. The molecule has 10 heteroatoms. The quantitative estimate of drug-likeness (QED) is 0.420. The summed E-state index contributed by atoms with van der Waals surface area (Å²) in [6, 6.07) is 8.98. The minimum Gasteiger partial charge on any atom is -0.508 e. The molecule has 0 spiro atoms. The summed E-state index contributed by atoms with van der Waals surface area (Å²) < 4.78 is 27.4. The molecule has 1 aliphatic rings. The number of aromatic hydroxyl groups is 1. The van der Waals surface area contributed by atoms with E-state index in [1.54, 1.807) is 12.1 Å². The molecule has 5 unspecified atom stereocenters. The molecule has 0 saturated carbocycles. The summed E-state index contributed by atoms with van der Waals surface area (Å²) in [5, 5.41) is 40.0. The average Bonchev–Trinajstić information content (AvgIpc) is 2.82. The molecule has 0 bridgehead atoms. The maximum atomic E-state index is 13.1. The molecule has 4 rings (SSSR count). The summed E-state index contributed by atoms with van der Waals surface area (Å²) in [5.74, 6) is 0.330. The number of hydrogen-bond acceptors (Lipinski definition) is 10. The predicted molar refractivity (Wildman–Crippen MR) is 115 cm³/mol. The molecule has 3 aromatic rings. The van der Waals surface area contributed by atoms with Crippen LogP contribution in [-0.4, -0.2) is 72.0 Å². The maximum absolute atomic E-state index is 13.1. The molecule has 2 aromatic carbocycles. The van der Waals surface area contributed by atoms with Crippen LogP contribution in [0, 0.1) is 0 Å². The summed E-state index contributed by atoms with van der Waals surface area (Å²) in [4.78, 5) is 13.1. The second-order valence-electron chi connectivity index (χ2n) is 7.55. The van der Waals surface area contributed by atoms with E-state index >= 15 is 0 Å². The first-order chi connectivity index (χ1) is 15.9. The topological polar surface area (TPSA) is 148 Å². The predicted octanol–water partition coefficient (Wildman–Crippen LogP) is 1.01. The number of phenolic OH excluding ortho intramolecular Hbond substituents is 1. The second kappa shape index (κ2) is 9.38. The van der Waals surface area contributed by atoms with E-state index in [0.717, 1.165) is 0 Å². The number of aliphatic hydroxyl groups is 3. The Morgan fingerprint density at radius 2 is 1.76 bits per heavy atom. The number of methoxy groups -OCH3 is 2. The van der Waals surface area contributed by atoms with Crippen molar-refractivity contribution >= 4 is 11.0 Å². The first-order valence-electron chi connectivity index (χ1n) is 10.1. The molecule has 176 valence electrons. The molecular weight excluding hydrogens is 436 g/mol. The lowest BCUT2D eigenvalue weighted by Gasteiger charge is -2.41. The van der Waals surface area contributed by atoms with Gasteiger partial charge in [-0.05, 0) is 23.8 Å². The van der Waals surface area contributed by atoms with Crippen LogP contribution in [0.1, 0.15) is 0 Å². The van der Waals surface area contributed by atoms with Crippen LogP contribution in [0.3, 0.4) is 0 Å². The monoisotopic (exact) mass is 460 g/mol. The van der Waals surface area contributed by atoms with E-state index in [0.29, 0.717) is 11.1 Å². The Morgan fingerprint density at radius 1 is 1.03 bits per heavy atom. The molecule has 10 nitrogen and oxygen atoms in total. The number of aliphatic hydroxyl groups excluding tert-OH is 3. The van der Waals surface area contributed by atoms with E-state index in [1.165, 1.54) is 44.7 Å². The standard InChI is InChI=1S/C23H24O10/c1-29-16-7-13-15(31-10-14(19(13)26)11-3-5-12(25)6-4-11)8-17(16)32-23-21(28)20(27)22(30-2)18(9-24)33-23/h3-8,10,18,20-25,27-28H,9H2,1-2H3. The summed E-state index contributed by atoms with van der Waals surface area (Å²) in [7, 11) is 2.71. The molecule has 4 N–H and O–H groups in total. The van der Waals surface area contributed by atoms with Crippen LogP contribution in [0.5, 0.6) is 17.2 Å². The highest BCUT2D eigenvalue weighted by atomic mass is 16.7. The van der Waals surface area contributed by atoms with Crippen molar-refractivity contribution in [3.8, 4) is 28.4 Å². The smallest absolute Gasteiger partial charge is 0.229 e. The molecule has 1 aliphatic heterocycles. The molecule has 33 heavy (non-hydrogen) atoms. The summed E-state index contributed by atoms with van der Waals surface area (Å²) in [6.07, 6.45) is -4.79. The van der Waals surface area contributed by atoms with E-state index in [2.05, 4.69) is 0 Å². The normalized spacial score (nSPS) is 25.2. The lowest BCUT2D eigenvalue weighted by molar-refractivity contribution is -0.282. The maximum Gasteiger partial charge on any atom is 0.229 e. The largest absolute Gasteiger partial charge is 0.508 e. The average molecular weight is 460 g/mol. The molecule has 0 radical (unpaired) electrons. The highest BCUT2D eigenvalue weighted by Crippen LogP contribution is 2.35. The van der Waals surface area contributed by atoms with E-state index in [4.69, 9.17) is 23.4 Å². The van der Waals surface area contributed by atoms with E-state index in [9.17, 15) is 25.2 Å². The Morgan fingerprint density at radius 3 is 2.39 bits per heavy atom. The van der Waals surface area contributed by atoms with Crippen LogP contribution >= 0.6 is 0 Å². The van der Waals surface area contributed by atoms with Gasteiger partial charge in [0.15, 0.2) is 11.5 Å². The van der Waals surface area contributed by atoms with Gasteiger partial charge in [-0.1, -0.05) is 12.1 Å². The third-order valence-electron chi connectivity index (χ3n) is 5.57. The van der Waals surface area contributed by atoms with Gasteiger partial charge in [-0.3, -0.25) is 4.79 Å². The van der Waals surface area contributed by atoms with Crippen LogP contribution in [0.25, 0.3) is 22.1 Å². The van der Waals surface area contributed by atoms with Gasteiger partial charge in [0, 0.05) is 13.2 Å². The third-order valence-corrected chi connectivity index (χ3v) is 5.57. The van der Waals surface area contributed by atoms with Crippen molar-refractivity contribution in [3.05, 3.63) is 52.9 Å². The Bertz CT molecular complexity index is 1170. The SMILES string of the molecule is COc1cc2c(=O)c(-c3ccc(O)cc3)coc2cc1OC1OC(CO)C(OC)C(O)C1O. The van der Waals surface area contributed by atoms with Gasteiger partial charge in [0.1, 0.15) is 42.0 Å². The molecule has 0 aliphatic carbocycles. The van der Waals surface area contributed by atoms with Gasteiger partial charge in [0.05, 0.1) is 24.7 Å². The number of phenols is 1. The second-order valence-corrected chi connectivity index (χ2v) is 7.55. The molecule has 1 aromatic heterocycles. The minimum absolute atomic E-state index is 0.0740. The van der Waals surface area contributed by atoms with Crippen molar-refractivity contribution < 1.29 is 43.8 Å². The van der Waals surface area contributed by atoms with Crippen molar-refractivity contribution in [3.63, 3.8) is 0 Å². The van der Waals surface area contributed by atoms with Crippen molar-refractivity contribution in [1.29, 1.82) is 0 Å². The molecule has 2 heterocycles. The van der Waals surface area contributed by atoms with Crippen molar-refractivity contribution in [2.24, 2.45) is 0 Å². The van der Waals surface area contributed by atoms with Gasteiger partial charge >= 0.3 is 0 Å². The highest BCUT2D eigenvalue weighted by molar-refractivity contribution is 5.84. The summed E-state index contributed by atoms with van der Waals surface area (Å²) in [5.41, 5.74) is 0.735. The van der Waals surface area contributed by atoms with Gasteiger partial charge in [0.2, 0.25) is 11.7 Å². The van der Waals surface area contributed by atoms with Gasteiger partial charge < -0.3 is 43.8 Å². The fraction of sp³-hybridized carbons (Fsp3) is 0.348. The summed E-state index contributed by atoms with van der Waals surface area (Å²) >= 11 is 0. The Hall–Kier alpha value is -3.15. The van der Waals surface area contributed by atoms with Crippen molar-refractivity contribution in [2.45, 2.75) is 30.7 Å². The lowest BCUT2D eigenvalue weighted by Crippen LogP contribution is -2.60. The number of ether oxygens (including phenoxy) is 4. The first kappa shape index (κ1) is 23.0. The Labute approximate surface area is 188 Å². The zero-order chi connectivity index (χ0) is 23.7. The molecule has 0 amide bonds. The zero-order valence-electron chi connectivity index (χ0n) is 17.9. The van der Waals surface area contributed by atoms with Crippen molar-refractivity contribution in [1.82, 2.24) is 0 Å². The highest BCUT2D eigenvalue weighted by Gasteiger charge is 2.46. The fourth-order valence-corrected chi connectivity index (χ4v) is 3.80. The Kier molecular flexibility index (Phi) is 6.54. The van der Waals surface area contributed by atoms with Gasteiger partial charge in [-0.2, -0.15) is 0 Å². The molecule has 1 fully saturated rings. The number of rotatable bonds is 6. The molecule has 5 atom stereocenters. The fourth-order valence-electron chi connectivity index (χ4n) is 3.80. The van der Waals surface area contributed by atoms with Crippen LogP contribution in [-0.2, 0) is 9.47 Å². The van der Waals surface area contributed by atoms with E-state index < -0.39 is 37.3 Å². The number of fused-ring (bicyclic) bond motifs is 1.